The summed E-state index contributed by atoms with van der Waals surface area (Å²) in [5, 5.41) is 25.5. The second kappa shape index (κ2) is 4.50. The van der Waals surface area contributed by atoms with Crippen molar-refractivity contribution in [1.82, 2.24) is 0 Å². The molecule has 0 rings (SSSR count). The molecule has 3 N–H and O–H groups in total. The Labute approximate surface area is 68.9 Å². The summed E-state index contributed by atoms with van der Waals surface area (Å²) < 4.78 is 0. The highest BCUT2D eigenvalue weighted by Crippen LogP contribution is 1.99. The van der Waals surface area contributed by atoms with Crippen molar-refractivity contribution in [3.63, 3.8) is 0 Å². The van der Waals surface area contributed by atoms with Crippen LogP contribution < -0.4 is 0 Å². The molecular formula is C7H10O5. The van der Waals surface area contributed by atoms with Gasteiger partial charge in [-0.3, -0.25) is 4.79 Å². The minimum Gasteiger partial charge on any atom is -0.481 e. The van der Waals surface area contributed by atoms with Gasteiger partial charge in [0.05, 0.1) is 12.5 Å². The highest BCUT2D eigenvalue weighted by Gasteiger charge is 2.08. The third-order valence-electron chi connectivity index (χ3n) is 1.16. The van der Waals surface area contributed by atoms with Crippen LogP contribution in [-0.2, 0) is 9.59 Å². The maximum Gasteiger partial charge on any atom is 0.331 e. The van der Waals surface area contributed by atoms with Crippen LogP contribution in [0, 0.1) is 0 Å². The quantitative estimate of drug-likeness (QED) is 0.515. The Bertz CT molecular complexity index is 218. The fraction of sp³-hybridized carbons (Fsp3) is 0.429. The van der Waals surface area contributed by atoms with Crippen molar-refractivity contribution in [2.24, 2.45) is 0 Å². The van der Waals surface area contributed by atoms with Gasteiger partial charge in [-0.15, -0.1) is 0 Å². The van der Waals surface area contributed by atoms with Gasteiger partial charge in [0, 0.05) is 5.57 Å². The van der Waals surface area contributed by atoms with E-state index in [2.05, 4.69) is 0 Å². The molecule has 68 valence electrons. The molecule has 0 aromatic heterocycles. The number of aliphatic hydroxyl groups excluding tert-OH is 1. The number of carboxylic acid groups (broad SMARTS) is 2. The minimum absolute atomic E-state index is 0.0660. The lowest BCUT2D eigenvalue weighted by atomic mass is 10.2. The van der Waals surface area contributed by atoms with Gasteiger partial charge < -0.3 is 15.3 Å². The van der Waals surface area contributed by atoms with Crippen LogP contribution in [0.3, 0.4) is 0 Å². The highest BCUT2D eigenvalue weighted by atomic mass is 16.4. The zero-order valence-corrected chi connectivity index (χ0v) is 6.52. The first kappa shape index (κ1) is 10.6. The van der Waals surface area contributed by atoms with E-state index in [9.17, 15) is 9.59 Å². The molecular weight excluding hydrogens is 164 g/mol. The average molecular weight is 174 g/mol. The van der Waals surface area contributed by atoms with E-state index in [-0.39, 0.29) is 5.57 Å². The largest absolute Gasteiger partial charge is 0.481 e. The van der Waals surface area contributed by atoms with Gasteiger partial charge in [0.25, 0.3) is 0 Å². The summed E-state index contributed by atoms with van der Waals surface area (Å²) in [5.74, 6) is -2.34. The predicted octanol–water partition coefficient (Wildman–Crippen LogP) is -0.147. The first-order valence-electron chi connectivity index (χ1n) is 3.25. The third-order valence-corrected chi connectivity index (χ3v) is 1.16. The van der Waals surface area contributed by atoms with Crippen molar-refractivity contribution in [3.05, 3.63) is 11.6 Å². The smallest absolute Gasteiger partial charge is 0.331 e. The van der Waals surface area contributed by atoms with Crippen LogP contribution in [0.2, 0.25) is 0 Å². The zero-order valence-electron chi connectivity index (χ0n) is 6.52. The summed E-state index contributed by atoms with van der Waals surface area (Å²) in [4.78, 5) is 20.2. The molecule has 0 aliphatic rings. The van der Waals surface area contributed by atoms with Crippen molar-refractivity contribution in [1.29, 1.82) is 0 Å². The molecule has 0 amide bonds. The highest BCUT2D eigenvalue weighted by molar-refractivity contribution is 5.86. The van der Waals surface area contributed by atoms with Gasteiger partial charge in [0.2, 0.25) is 0 Å². The molecule has 0 heterocycles. The van der Waals surface area contributed by atoms with Crippen LogP contribution in [0.1, 0.15) is 13.3 Å². The van der Waals surface area contributed by atoms with E-state index in [0.29, 0.717) is 0 Å². The molecule has 5 nitrogen and oxygen atoms in total. The monoisotopic (exact) mass is 174 g/mol. The third kappa shape index (κ3) is 4.45. The number of rotatable bonds is 4. The number of carboxylic acids is 2. The lowest BCUT2D eigenvalue weighted by Gasteiger charge is -2.01. The molecule has 0 spiro atoms. The fourth-order valence-electron chi connectivity index (χ4n) is 0.598. The molecule has 0 aliphatic carbocycles. The Hall–Kier alpha value is -1.36. The van der Waals surface area contributed by atoms with E-state index in [1.807, 2.05) is 0 Å². The molecule has 0 bridgehead atoms. The average Bonchev–Trinajstić information content (AvgIpc) is 1.84. The van der Waals surface area contributed by atoms with Gasteiger partial charge in [0.15, 0.2) is 0 Å². The number of aliphatic hydroxyl groups is 1. The minimum atomic E-state index is -1.24. The molecule has 0 aromatic carbocycles. The van der Waals surface area contributed by atoms with Gasteiger partial charge in [0.1, 0.15) is 0 Å². The van der Waals surface area contributed by atoms with Crippen LogP contribution in [0.4, 0.5) is 0 Å². The molecule has 5 heteroatoms. The Kier molecular flexibility index (Phi) is 3.99. The van der Waals surface area contributed by atoms with E-state index in [0.717, 1.165) is 6.08 Å². The van der Waals surface area contributed by atoms with Gasteiger partial charge in [-0.25, -0.2) is 4.79 Å². The molecule has 0 fully saturated rings. The van der Waals surface area contributed by atoms with Crippen molar-refractivity contribution in [2.75, 3.05) is 0 Å². The maximum atomic E-state index is 10.2. The van der Waals surface area contributed by atoms with Crippen LogP contribution in [0.5, 0.6) is 0 Å². The summed E-state index contributed by atoms with van der Waals surface area (Å²) in [7, 11) is 0. The number of hydrogen-bond donors (Lipinski definition) is 3. The van der Waals surface area contributed by atoms with Crippen LogP contribution in [0.25, 0.3) is 0 Å². The van der Waals surface area contributed by atoms with Crippen molar-refractivity contribution >= 4 is 11.9 Å². The van der Waals surface area contributed by atoms with Crippen LogP contribution in [0.15, 0.2) is 11.6 Å². The van der Waals surface area contributed by atoms with Crippen molar-refractivity contribution < 1.29 is 24.9 Å². The molecule has 0 saturated carbocycles. The Morgan fingerprint density at radius 1 is 1.42 bits per heavy atom. The van der Waals surface area contributed by atoms with Crippen molar-refractivity contribution in [3.8, 4) is 0 Å². The Morgan fingerprint density at radius 3 is 2.25 bits per heavy atom. The molecule has 1 atom stereocenters. The number of carbonyl (C=O) groups is 2. The van der Waals surface area contributed by atoms with Crippen molar-refractivity contribution in [2.45, 2.75) is 19.4 Å². The maximum absolute atomic E-state index is 10.2. The molecule has 0 radical (unpaired) electrons. The standard InChI is InChI=1S/C7H10O5/c1-4(7(11)12)2-5(8)3-6(9)10/h2,5,8H,3H2,1H3,(H,9,10)(H,11,12). The van der Waals surface area contributed by atoms with E-state index in [1.165, 1.54) is 6.92 Å². The van der Waals surface area contributed by atoms with E-state index in [4.69, 9.17) is 15.3 Å². The second-order valence-corrected chi connectivity index (χ2v) is 2.32. The SMILES string of the molecule is CC(=CC(O)CC(=O)O)C(=O)O. The lowest BCUT2D eigenvalue weighted by Crippen LogP contribution is -2.11. The molecule has 1 unspecified atom stereocenters. The first-order valence-corrected chi connectivity index (χ1v) is 3.25. The second-order valence-electron chi connectivity index (χ2n) is 2.32. The van der Waals surface area contributed by atoms with Crippen LogP contribution >= 0.6 is 0 Å². The molecule has 0 aliphatic heterocycles. The summed E-state index contributed by atoms with van der Waals surface area (Å²) in [5.41, 5.74) is -0.0660. The summed E-state index contributed by atoms with van der Waals surface area (Å²) in [6.45, 7) is 1.29. The topological polar surface area (TPSA) is 94.8 Å². The van der Waals surface area contributed by atoms with E-state index in [1.54, 1.807) is 0 Å². The van der Waals surface area contributed by atoms with E-state index >= 15 is 0 Å². The fourth-order valence-corrected chi connectivity index (χ4v) is 0.598. The summed E-state index contributed by atoms with van der Waals surface area (Å²) in [6, 6.07) is 0. The summed E-state index contributed by atoms with van der Waals surface area (Å²) >= 11 is 0. The predicted molar refractivity (Wildman–Crippen MR) is 39.7 cm³/mol. The zero-order chi connectivity index (χ0) is 9.72. The first-order chi connectivity index (χ1) is 5.43. The van der Waals surface area contributed by atoms with Gasteiger partial charge in [-0.1, -0.05) is 0 Å². The Balaban J connectivity index is 4.14. The Morgan fingerprint density at radius 2 is 1.92 bits per heavy atom. The normalized spacial score (nSPS) is 14.0. The molecule has 0 aromatic rings. The molecule has 12 heavy (non-hydrogen) atoms. The van der Waals surface area contributed by atoms with Gasteiger partial charge >= 0.3 is 11.9 Å². The number of hydrogen-bond acceptors (Lipinski definition) is 3. The molecule has 0 saturated heterocycles. The summed E-state index contributed by atoms with van der Waals surface area (Å²) in [6.07, 6.45) is -0.722. The van der Waals surface area contributed by atoms with Crippen LogP contribution in [-0.4, -0.2) is 33.4 Å². The van der Waals surface area contributed by atoms with E-state index < -0.39 is 24.5 Å². The van der Waals surface area contributed by atoms with Gasteiger partial charge in [-0.05, 0) is 13.0 Å². The van der Waals surface area contributed by atoms with Gasteiger partial charge in [-0.2, -0.15) is 0 Å². The number of aliphatic carboxylic acids is 2. The lowest BCUT2D eigenvalue weighted by molar-refractivity contribution is -0.139.